The number of benzene rings is 2. The smallest absolute Gasteiger partial charge is 0.254 e. The third-order valence-corrected chi connectivity index (χ3v) is 3.97. The van der Waals surface area contributed by atoms with E-state index < -0.39 is 0 Å². The van der Waals surface area contributed by atoms with Gasteiger partial charge in [0, 0.05) is 23.5 Å². The molecule has 106 valence electrons. The number of alkyl halides is 1. The third kappa shape index (κ3) is 3.40. The van der Waals surface area contributed by atoms with Gasteiger partial charge in [-0.2, -0.15) is 0 Å². The number of rotatable bonds is 5. The summed E-state index contributed by atoms with van der Waals surface area (Å²) < 4.78 is 0. The van der Waals surface area contributed by atoms with Gasteiger partial charge in [0.2, 0.25) is 0 Å². The van der Waals surface area contributed by atoms with Gasteiger partial charge in [0.25, 0.3) is 5.91 Å². The van der Waals surface area contributed by atoms with Crippen LogP contribution in [0.4, 0.5) is 0 Å². The van der Waals surface area contributed by atoms with Gasteiger partial charge in [0.05, 0.1) is 0 Å². The molecule has 20 heavy (non-hydrogen) atoms. The molecule has 0 atom stereocenters. The number of carbonyl (C=O) groups excluding carboxylic acids is 1. The maximum atomic E-state index is 12.6. The first-order valence-corrected chi connectivity index (χ1v) is 8.11. The first kappa shape index (κ1) is 15.0. The monoisotopic (exact) mass is 333 g/mol. The van der Waals surface area contributed by atoms with Crippen molar-refractivity contribution in [1.82, 2.24) is 4.90 Å². The van der Waals surface area contributed by atoms with Crippen LogP contribution in [0.5, 0.6) is 0 Å². The fraction of sp³-hybridized carbons (Fsp3) is 0.353. The van der Waals surface area contributed by atoms with Gasteiger partial charge in [0.1, 0.15) is 0 Å². The molecule has 0 aliphatic rings. The minimum atomic E-state index is 0.117. The van der Waals surface area contributed by atoms with Gasteiger partial charge in [-0.1, -0.05) is 46.3 Å². The zero-order chi connectivity index (χ0) is 14.5. The van der Waals surface area contributed by atoms with Crippen LogP contribution >= 0.6 is 15.9 Å². The van der Waals surface area contributed by atoms with Crippen molar-refractivity contribution in [2.24, 2.45) is 0 Å². The molecule has 2 rings (SSSR count). The van der Waals surface area contributed by atoms with Crippen molar-refractivity contribution in [3.05, 3.63) is 48.0 Å². The van der Waals surface area contributed by atoms with Crippen molar-refractivity contribution in [3.63, 3.8) is 0 Å². The Labute approximate surface area is 128 Å². The molecule has 0 aromatic heterocycles. The summed E-state index contributed by atoms with van der Waals surface area (Å²) in [4.78, 5) is 14.6. The summed E-state index contributed by atoms with van der Waals surface area (Å²) in [5, 5.41) is 3.20. The van der Waals surface area contributed by atoms with E-state index in [1.807, 2.05) is 41.3 Å². The summed E-state index contributed by atoms with van der Waals surface area (Å²) in [5.74, 6) is 0.117. The van der Waals surface area contributed by atoms with Gasteiger partial charge in [-0.25, -0.2) is 0 Å². The van der Waals surface area contributed by atoms with Gasteiger partial charge < -0.3 is 4.90 Å². The zero-order valence-electron chi connectivity index (χ0n) is 12.0. The van der Waals surface area contributed by atoms with E-state index in [1.165, 1.54) is 5.39 Å². The average molecular weight is 334 g/mol. The lowest BCUT2D eigenvalue weighted by atomic mass is 10.1. The first-order valence-electron chi connectivity index (χ1n) is 6.99. The summed E-state index contributed by atoms with van der Waals surface area (Å²) in [5.41, 5.74) is 0.770. The predicted octanol–water partition coefficient (Wildman–Crippen LogP) is 4.48. The van der Waals surface area contributed by atoms with Crippen LogP contribution < -0.4 is 0 Å². The molecule has 0 bridgehead atoms. The Morgan fingerprint density at radius 3 is 2.50 bits per heavy atom. The number of hydrogen-bond donors (Lipinski definition) is 0. The highest BCUT2D eigenvalue weighted by atomic mass is 79.9. The summed E-state index contributed by atoms with van der Waals surface area (Å²) in [6.45, 7) is 4.91. The molecule has 0 saturated heterocycles. The highest BCUT2D eigenvalue weighted by molar-refractivity contribution is 9.09. The number of amides is 1. The molecule has 0 fully saturated rings. The maximum Gasteiger partial charge on any atom is 0.254 e. The quantitative estimate of drug-likeness (QED) is 0.739. The molecule has 0 spiro atoms. The zero-order valence-corrected chi connectivity index (χ0v) is 13.6. The van der Waals surface area contributed by atoms with Crippen molar-refractivity contribution >= 4 is 32.6 Å². The van der Waals surface area contributed by atoms with E-state index in [4.69, 9.17) is 0 Å². The number of nitrogens with zero attached hydrogens (tertiary/aromatic N) is 1. The fourth-order valence-corrected chi connectivity index (χ4v) is 2.56. The molecule has 2 aromatic carbocycles. The molecule has 0 saturated carbocycles. The van der Waals surface area contributed by atoms with Crippen molar-refractivity contribution in [3.8, 4) is 0 Å². The number of halogens is 1. The van der Waals surface area contributed by atoms with Crippen molar-refractivity contribution in [2.75, 3.05) is 11.9 Å². The molecule has 0 radical (unpaired) electrons. The van der Waals surface area contributed by atoms with Crippen molar-refractivity contribution < 1.29 is 4.79 Å². The van der Waals surface area contributed by atoms with Crippen molar-refractivity contribution in [2.45, 2.75) is 26.3 Å². The molecule has 2 aromatic rings. The molecule has 0 N–H and O–H groups in total. The van der Waals surface area contributed by atoms with E-state index in [9.17, 15) is 4.79 Å². The molecular weight excluding hydrogens is 314 g/mol. The summed E-state index contributed by atoms with van der Waals surface area (Å²) >= 11 is 3.43. The molecule has 0 heterocycles. The SMILES string of the molecule is CC(C)N(CCCBr)C(=O)c1ccc2ccccc2c1. The van der Waals surface area contributed by atoms with Crippen LogP contribution in [0.15, 0.2) is 42.5 Å². The second-order valence-electron chi connectivity index (χ2n) is 5.20. The minimum absolute atomic E-state index is 0.117. The standard InChI is InChI=1S/C17H20BrNO/c1-13(2)19(11-5-10-18)17(20)16-9-8-14-6-3-4-7-15(14)12-16/h3-4,6-9,12-13H,5,10-11H2,1-2H3. The summed E-state index contributed by atoms with van der Waals surface area (Å²) in [6, 6.07) is 14.3. The minimum Gasteiger partial charge on any atom is -0.336 e. The molecule has 1 amide bonds. The molecule has 0 aliphatic heterocycles. The normalized spacial score (nSPS) is 11.0. The Morgan fingerprint density at radius 2 is 1.85 bits per heavy atom. The van der Waals surface area contributed by atoms with Gasteiger partial charge in [-0.05, 0) is 43.2 Å². The topological polar surface area (TPSA) is 20.3 Å². The van der Waals surface area contributed by atoms with Crippen LogP contribution in [-0.2, 0) is 0 Å². The largest absolute Gasteiger partial charge is 0.336 e. The lowest BCUT2D eigenvalue weighted by Gasteiger charge is -2.26. The Morgan fingerprint density at radius 1 is 1.15 bits per heavy atom. The Kier molecular flexibility index (Phi) is 5.18. The summed E-state index contributed by atoms with van der Waals surface area (Å²) in [6.07, 6.45) is 0.970. The van der Waals surface area contributed by atoms with Gasteiger partial charge >= 0.3 is 0 Å². The number of carbonyl (C=O) groups is 1. The third-order valence-electron chi connectivity index (χ3n) is 3.41. The second-order valence-corrected chi connectivity index (χ2v) is 5.99. The van der Waals surface area contributed by atoms with Crippen LogP contribution in [0.2, 0.25) is 0 Å². The number of fused-ring (bicyclic) bond motifs is 1. The molecule has 0 unspecified atom stereocenters. The van der Waals surface area contributed by atoms with Gasteiger partial charge in [0.15, 0.2) is 0 Å². The van der Waals surface area contributed by atoms with Gasteiger partial charge in [-0.3, -0.25) is 4.79 Å². The van der Waals surface area contributed by atoms with Crippen LogP contribution in [0.25, 0.3) is 10.8 Å². The average Bonchev–Trinajstić information content (AvgIpc) is 2.46. The summed E-state index contributed by atoms with van der Waals surface area (Å²) in [7, 11) is 0. The van der Waals surface area contributed by atoms with E-state index in [1.54, 1.807) is 0 Å². The van der Waals surface area contributed by atoms with Crippen LogP contribution in [0.3, 0.4) is 0 Å². The lowest BCUT2D eigenvalue weighted by molar-refractivity contribution is 0.0707. The van der Waals surface area contributed by atoms with E-state index in [-0.39, 0.29) is 11.9 Å². The second kappa shape index (κ2) is 6.89. The highest BCUT2D eigenvalue weighted by Gasteiger charge is 2.18. The molecule has 2 nitrogen and oxygen atoms in total. The maximum absolute atomic E-state index is 12.6. The first-order chi connectivity index (χ1) is 9.63. The van der Waals surface area contributed by atoms with Crippen LogP contribution in [0.1, 0.15) is 30.6 Å². The van der Waals surface area contributed by atoms with Crippen LogP contribution in [-0.4, -0.2) is 28.7 Å². The fourth-order valence-electron chi connectivity index (χ4n) is 2.31. The molecule has 3 heteroatoms. The molecular formula is C17H20BrNO. The van der Waals surface area contributed by atoms with Gasteiger partial charge in [-0.15, -0.1) is 0 Å². The van der Waals surface area contributed by atoms with E-state index in [0.29, 0.717) is 0 Å². The predicted molar refractivity (Wildman–Crippen MR) is 88.5 cm³/mol. The van der Waals surface area contributed by atoms with E-state index >= 15 is 0 Å². The Hall–Kier alpha value is -1.35. The highest BCUT2D eigenvalue weighted by Crippen LogP contribution is 2.18. The number of hydrogen-bond acceptors (Lipinski definition) is 1. The van der Waals surface area contributed by atoms with Crippen LogP contribution in [0, 0.1) is 0 Å². The van der Waals surface area contributed by atoms with E-state index in [2.05, 4.69) is 35.8 Å². The lowest BCUT2D eigenvalue weighted by Crippen LogP contribution is -2.37. The van der Waals surface area contributed by atoms with Crippen molar-refractivity contribution in [1.29, 1.82) is 0 Å². The Balaban J connectivity index is 2.28. The molecule has 0 aliphatic carbocycles. The van der Waals surface area contributed by atoms with E-state index in [0.717, 1.165) is 29.2 Å². The Bertz CT molecular complexity index is 594.